The van der Waals surface area contributed by atoms with Crippen LogP contribution in [0.3, 0.4) is 0 Å². The van der Waals surface area contributed by atoms with E-state index in [1.54, 1.807) is 11.6 Å². The van der Waals surface area contributed by atoms with Gasteiger partial charge in [-0.15, -0.1) is 0 Å². The van der Waals surface area contributed by atoms with Crippen molar-refractivity contribution in [3.8, 4) is 0 Å². The molecule has 8 nitrogen and oxygen atoms in total. The van der Waals surface area contributed by atoms with Crippen LogP contribution in [0.15, 0.2) is 6.20 Å². The second-order valence-corrected chi connectivity index (χ2v) is 4.54. The minimum absolute atomic E-state index is 0.0678. The van der Waals surface area contributed by atoms with Gasteiger partial charge in [0.2, 0.25) is 5.82 Å². The van der Waals surface area contributed by atoms with E-state index in [1.807, 2.05) is 27.1 Å². The van der Waals surface area contributed by atoms with Crippen LogP contribution in [0.2, 0.25) is 0 Å². The van der Waals surface area contributed by atoms with Gasteiger partial charge in [0.15, 0.2) is 0 Å². The van der Waals surface area contributed by atoms with E-state index < -0.39 is 4.92 Å². The first-order chi connectivity index (χ1) is 8.82. The second-order valence-electron chi connectivity index (χ2n) is 4.54. The molecule has 0 saturated carbocycles. The lowest BCUT2D eigenvalue weighted by atomic mass is 10.1. The molecule has 0 amide bonds. The first-order valence-electron chi connectivity index (χ1n) is 5.82. The molecule has 2 aromatic rings. The number of nitrogens with two attached hydrogens (primary N) is 1. The van der Waals surface area contributed by atoms with E-state index in [-0.39, 0.29) is 17.5 Å². The molecule has 102 valence electrons. The van der Waals surface area contributed by atoms with Gasteiger partial charge >= 0.3 is 5.69 Å². The fourth-order valence-corrected chi connectivity index (χ4v) is 2.24. The average Bonchev–Trinajstić information content (AvgIpc) is 2.78. The summed E-state index contributed by atoms with van der Waals surface area (Å²) in [6.07, 6.45) is 1.86. The van der Waals surface area contributed by atoms with Gasteiger partial charge in [0, 0.05) is 18.8 Å². The molecule has 0 fully saturated rings. The Morgan fingerprint density at radius 2 is 2.00 bits per heavy atom. The smallest absolute Gasteiger partial charge is 0.333 e. The molecule has 0 radical (unpaired) electrons. The van der Waals surface area contributed by atoms with Crippen molar-refractivity contribution in [3.05, 3.63) is 33.3 Å². The molecular formula is C11H16N6O2. The predicted octanol–water partition coefficient (Wildman–Crippen LogP) is 1.33. The molecule has 0 saturated heterocycles. The zero-order chi connectivity index (χ0) is 14.3. The molecule has 2 aromatic heterocycles. The van der Waals surface area contributed by atoms with Gasteiger partial charge in [-0.25, -0.2) is 4.68 Å². The Kier molecular flexibility index (Phi) is 3.01. The van der Waals surface area contributed by atoms with Gasteiger partial charge < -0.3 is 5.73 Å². The minimum Gasteiger partial charge on any atom is -0.378 e. The molecule has 1 unspecified atom stereocenters. The van der Waals surface area contributed by atoms with E-state index >= 15 is 0 Å². The number of nitrogen functional groups attached to an aromatic ring is 1. The van der Waals surface area contributed by atoms with Crippen LogP contribution in [0.5, 0.6) is 0 Å². The van der Waals surface area contributed by atoms with Gasteiger partial charge in [0.1, 0.15) is 5.69 Å². The molecule has 0 aromatic carbocycles. The van der Waals surface area contributed by atoms with Crippen molar-refractivity contribution < 1.29 is 4.92 Å². The maximum Gasteiger partial charge on any atom is 0.333 e. The molecule has 0 aliphatic carbocycles. The van der Waals surface area contributed by atoms with Crippen molar-refractivity contribution in [2.45, 2.75) is 26.8 Å². The summed E-state index contributed by atoms with van der Waals surface area (Å²) in [6, 6.07) is -0.207. The maximum atomic E-state index is 10.9. The third-order valence-electron chi connectivity index (χ3n) is 3.14. The largest absolute Gasteiger partial charge is 0.378 e. The van der Waals surface area contributed by atoms with Crippen molar-refractivity contribution in [3.63, 3.8) is 0 Å². The predicted molar refractivity (Wildman–Crippen MR) is 69.8 cm³/mol. The Bertz CT molecular complexity index is 642. The SMILES string of the molecule is Cc1nn(C)cc1C(C)n1nc(C)c([N+](=O)[O-])c1N. The van der Waals surface area contributed by atoms with Gasteiger partial charge in [-0.3, -0.25) is 14.8 Å². The molecule has 2 rings (SSSR count). The second kappa shape index (κ2) is 4.38. The molecule has 19 heavy (non-hydrogen) atoms. The monoisotopic (exact) mass is 264 g/mol. The average molecular weight is 264 g/mol. The summed E-state index contributed by atoms with van der Waals surface area (Å²) >= 11 is 0. The minimum atomic E-state index is -0.503. The number of anilines is 1. The third-order valence-corrected chi connectivity index (χ3v) is 3.14. The van der Waals surface area contributed by atoms with Crippen LogP contribution < -0.4 is 5.73 Å². The first-order valence-corrected chi connectivity index (χ1v) is 5.82. The number of hydrogen-bond donors (Lipinski definition) is 1. The number of nitro groups is 1. The molecule has 2 heterocycles. The molecule has 0 bridgehead atoms. The lowest BCUT2D eigenvalue weighted by Crippen LogP contribution is -2.12. The maximum absolute atomic E-state index is 10.9. The fourth-order valence-electron chi connectivity index (χ4n) is 2.24. The summed E-state index contributed by atoms with van der Waals surface area (Å²) in [5, 5.41) is 19.4. The number of aromatic nitrogens is 4. The highest BCUT2D eigenvalue weighted by Gasteiger charge is 2.26. The number of nitrogens with zero attached hydrogens (tertiary/aromatic N) is 5. The highest BCUT2D eigenvalue weighted by atomic mass is 16.6. The van der Waals surface area contributed by atoms with E-state index in [2.05, 4.69) is 10.2 Å². The van der Waals surface area contributed by atoms with Crippen LogP contribution in [0.4, 0.5) is 11.5 Å². The number of aryl methyl sites for hydroxylation is 3. The van der Waals surface area contributed by atoms with Gasteiger partial charge in [-0.05, 0) is 20.8 Å². The van der Waals surface area contributed by atoms with Gasteiger partial charge in [-0.2, -0.15) is 10.2 Å². The standard InChI is InChI=1S/C11H16N6O2/c1-6-9(5-15(4)13-6)8(3)16-11(12)10(17(18)19)7(2)14-16/h5,8H,12H2,1-4H3. The van der Waals surface area contributed by atoms with E-state index in [9.17, 15) is 10.1 Å². The number of hydrogen-bond acceptors (Lipinski definition) is 5. The normalized spacial score (nSPS) is 12.6. The third kappa shape index (κ3) is 2.05. The molecule has 1 atom stereocenters. The van der Waals surface area contributed by atoms with Crippen LogP contribution in [0.1, 0.15) is 29.9 Å². The highest BCUT2D eigenvalue weighted by molar-refractivity contribution is 5.56. The van der Waals surface area contributed by atoms with E-state index in [4.69, 9.17) is 5.73 Å². The zero-order valence-electron chi connectivity index (χ0n) is 11.3. The van der Waals surface area contributed by atoms with Crippen LogP contribution >= 0.6 is 0 Å². The Morgan fingerprint density at radius 3 is 2.42 bits per heavy atom. The summed E-state index contributed by atoms with van der Waals surface area (Å²) in [5.74, 6) is 0.0678. The topological polar surface area (TPSA) is 105 Å². The van der Waals surface area contributed by atoms with Gasteiger partial charge in [0.05, 0.1) is 16.7 Å². The Morgan fingerprint density at radius 1 is 1.37 bits per heavy atom. The van der Waals surface area contributed by atoms with Crippen molar-refractivity contribution in [2.75, 3.05) is 5.73 Å². The summed E-state index contributed by atoms with van der Waals surface area (Å²) in [5.41, 5.74) is 7.81. The Hall–Kier alpha value is -2.38. The van der Waals surface area contributed by atoms with Crippen LogP contribution in [-0.4, -0.2) is 24.5 Å². The van der Waals surface area contributed by atoms with E-state index in [1.165, 1.54) is 4.68 Å². The van der Waals surface area contributed by atoms with Crippen molar-refractivity contribution >= 4 is 11.5 Å². The lowest BCUT2D eigenvalue weighted by Gasteiger charge is -2.12. The van der Waals surface area contributed by atoms with E-state index in [0.717, 1.165) is 11.3 Å². The first kappa shape index (κ1) is 13.1. The van der Waals surface area contributed by atoms with Crippen molar-refractivity contribution in [2.24, 2.45) is 7.05 Å². The molecule has 8 heteroatoms. The van der Waals surface area contributed by atoms with Crippen LogP contribution in [0, 0.1) is 24.0 Å². The molecule has 0 aliphatic heterocycles. The highest BCUT2D eigenvalue weighted by Crippen LogP contribution is 2.30. The van der Waals surface area contributed by atoms with Gasteiger partial charge in [-0.1, -0.05) is 0 Å². The molecule has 2 N–H and O–H groups in total. The zero-order valence-corrected chi connectivity index (χ0v) is 11.3. The number of rotatable bonds is 3. The van der Waals surface area contributed by atoms with Crippen LogP contribution in [-0.2, 0) is 7.05 Å². The summed E-state index contributed by atoms with van der Waals surface area (Å²) in [4.78, 5) is 10.4. The fraction of sp³-hybridized carbons (Fsp3) is 0.455. The molecular weight excluding hydrogens is 248 g/mol. The molecule has 0 spiro atoms. The quantitative estimate of drug-likeness (QED) is 0.665. The lowest BCUT2D eigenvalue weighted by molar-refractivity contribution is -0.384. The van der Waals surface area contributed by atoms with Crippen molar-refractivity contribution in [1.82, 2.24) is 19.6 Å². The summed E-state index contributed by atoms with van der Waals surface area (Å²) in [7, 11) is 1.82. The van der Waals surface area contributed by atoms with Gasteiger partial charge in [0.25, 0.3) is 0 Å². The summed E-state index contributed by atoms with van der Waals surface area (Å²) in [6.45, 7) is 5.34. The van der Waals surface area contributed by atoms with E-state index in [0.29, 0.717) is 5.69 Å². The van der Waals surface area contributed by atoms with Crippen molar-refractivity contribution in [1.29, 1.82) is 0 Å². The Labute approximate surface area is 110 Å². The van der Waals surface area contributed by atoms with Crippen LogP contribution in [0.25, 0.3) is 0 Å². The molecule has 0 aliphatic rings. The Balaban J connectivity index is 2.51. The summed E-state index contributed by atoms with van der Waals surface area (Å²) < 4.78 is 3.17.